The predicted molar refractivity (Wildman–Crippen MR) is 93.6 cm³/mol. The quantitative estimate of drug-likeness (QED) is 0.752. The van der Waals surface area contributed by atoms with Gasteiger partial charge in [-0.1, -0.05) is 0 Å². The maximum atomic E-state index is 12.5. The lowest BCUT2D eigenvalue weighted by molar-refractivity contribution is 0.229. The van der Waals surface area contributed by atoms with Crippen LogP contribution in [0.3, 0.4) is 0 Å². The molecule has 0 aliphatic rings. The molecule has 1 heterocycles. The number of fused-ring (bicyclic) bond motifs is 1. The molecule has 0 aliphatic carbocycles. The number of ether oxygens (including phenoxy) is 2. The molecule has 0 radical (unpaired) electrons. The highest BCUT2D eigenvalue weighted by Gasteiger charge is 2.20. The fourth-order valence-electron chi connectivity index (χ4n) is 2.57. The van der Waals surface area contributed by atoms with E-state index in [1.54, 1.807) is 12.1 Å². The van der Waals surface area contributed by atoms with Crippen molar-refractivity contribution in [3.05, 3.63) is 46.6 Å². The van der Waals surface area contributed by atoms with Crippen molar-refractivity contribution in [2.24, 2.45) is 0 Å². The monoisotopic (exact) mass is 342 g/mol. The number of aromatic hydroxyl groups is 2. The molecule has 2 aromatic carbocycles. The summed E-state index contributed by atoms with van der Waals surface area (Å²) in [6, 6.07) is 8.87. The van der Waals surface area contributed by atoms with Crippen molar-refractivity contribution < 1.29 is 24.1 Å². The van der Waals surface area contributed by atoms with Gasteiger partial charge in [0.05, 0.1) is 13.2 Å². The highest BCUT2D eigenvalue weighted by molar-refractivity contribution is 5.91. The molecule has 1 aromatic heterocycles. The lowest BCUT2D eigenvalue weighted by Crippen LogP contribution is -2.08. The summed E-state index contributed by atoms with van der Waals surface area (Å²) >= 11 is 0. The first-order valence-electron chi connectivity index (χ1n) is 7.74. The third-order valence-electron chi connectivity index (χ3n) is 3.62. The van der Waals surface area contributed by atoms with E-state index in [0.717, 1.165) is 0 Å². The molecule has 0 spiro atoms. The van der Waals surface area contributed by atoms with Crippen molar-refractivity contribution in [3.8, 4) is 34.3 Å². The highest BCUT2D eigenvalue weighted by Crippen LogP contribution is 2.41. The van der Waals surface area contributed by atoms with E-state index in [2.05, 4.69) is 0 Å². The molecule has 0 fully saturated rings. The van der Waals surface area contributed by atoms with E-state index >= 15 is 0 Å². The highest BCUT2D eigenvalue weighted by atomic mass is 16.5. The minimum absolute atomic E-state index is 0.0236. The van der Waals surface area contributed by atoms with Gasteiger partial charge in [0, 0.05) is 17.7 Å². The first-order chi connectivity index (χ1) is 11.9. The number of rotatable bonds is 4. The van der Waals surface area contributed by atoms with Gasteiger partial charge in [-0.15, -0.1) is 0 Å². The molecule has 25 heavy (non-hydrogen) atoms. The molecule has 2 N–H and O–H groups in total. The molecule has 0 amide bonds. The van der Waals surface area contributed by atoms with E-state index in [9.17, 15) is 15.0 Å². The second-order valence-electron chi connectivity index (χ2n) is 5.82. The molecule has 3 aromatic rings. The average Bonchev–Trinajstić information content (AvgIpc) is 2.54. The maximum Gasteiger partial charge on any atom is 0.205 e. The van der Waals surface area contributed by atoms with Crippen molar-refractivity contribution in [1.29, 1.82) is 0 Å². The van der Waals surface area contributed by atoms with Gasteiger partial charge in [-0.05, 0) is 38.1 Å². The maximum absolute atomic E-state index is 12.5. The Labute approximate surface area is 143 Å². The topological polar surface area (TPSA) is 89.1 Å². The fourth-order valence-corrected chi connectivity index (χ4v) is 2.57. The number of hydrogen-bond acceptors (Lipinski definition) is 6. The molecule has 6 nitrogen and oxygen atoms in total. The van der Waals surface area contributed by atoms with Crippen LogP contribution in [0.15, 0.2) is 45.6 Å². The Bertz CT molecular complexity index is 970. The zero-order chi connectivity index (χ0) is 18.1. The molecule has 0 aliphatic heterocycles. The lowest BCUT2D eigenvalue weighted by atomic mass is 10.1. The Kier molecular flexibility index (Phi) is 4.27. The van der Waals surface area contributed by atoms with Gasteiger partial charge in [0.25, 0.3) is 0 Å². The summed E-state index contributed by atoms with van der Waals surface area (Å²) < 4.78 is 16.9. The van der Waals surface area contributed by atoms with Crippen LogP contribution in [0, 0.1) is 0 Å². The van der Waals surface area contributed by atoms with E-state index in [4.69, 9.17) is 13.9 Å². The number of phenolic OH excluding ortho intramolecular Hbond substituents is 2. The van der Waals surface area contributed by atoms with Crippen molar-refractivity contribution >= 4 is 11.0 Å². The molecule has 3 rings (SSSR count). The van der Waals surface area contributed by atoms with Gasteiger partial charge in [-0.25, -0.2) is 0 Å². The van der Waals surface area contributed by atoms with Crippen LogP contribution in [0.1, 0.15) is 13.8 Å². The standard InChI is InChI=1S/C19H18O6/c1-10(2)24-16-9-14(22)17-13(21)8-15(25-19(17)18(16)23-3)11-4-6-12(20)7-5-11/h4-10,20,22H,1-3H3. The predicted octanol–water partition coefficient (Wildman–Crippen LogP) is 3.67. The van der Waals surface area contributed by atoms with Crippen LogP contribution in [0.2, 0.25) is 0 Å². The summed E-state index contributed by atoms with van der Waals surface area (Å²) in [7, 11) is 1.44. The minimum Gasteiger partial charge on any atom is -0.508 e. The minimum atomic E-state index is -0.406. The van der Waals surface area contributed by atoms with Gasteiger partial charge >= 0.3 is 0 Å². The Morgan fingerprint density at radius 3 is 2.36 bits per heavy atom. The number of benzene rings is 2. The molecule has 130 valence electrons. The van der Waals surface area contributed by atoms with E-state index in [0.29, 0.717) is 5.56 Å². The smallest absolute Gasteiger partial charge is 0.205 e. The summed E-state index contributed by atoms with van der Waals surface area (Å²) in [6.45, 7) is 3.67. The third-order valence-corrected chi connectivity index (χ3v) is 3.62. The van der Waals surface area contributed by atoms with Crippen LogP contribution in [-0.4, -0.2) is 23.4 Å². The summed E-state index contributed by atoms with van der Waals surface area (Å²) in [5, 5.41) is 19.7. The van der Waals surface area contributed by atoms with Gasteiger partial charge in [0.15, 0.2) is 16.8 Å². The number of methoxy groups -OCH3 is 1. The van der Waals surface area contributed by atoms with E-state index in [1.165, 1.54) is 31.4 Å². The number of hydrogen-bond donors (Lipinski definition) is 2. The second kappa shape index (κ2) is 6.39. The van der Waals surface area contributed by atoms with Gasteiger partial charge in [0.2, 0.25) is 5.75 Å². The largest absolute Gasteiger partial charge is 0.508 e. The summed E-state index contributed by atoms with van der Waals surface area (Å²) in [5.74, 6) is 0.678. The molecular weight excluding hydrogens is 324 g/mol. The SMILES string of the molecule is COc1c(OC(C)C)cc(O)c2c(=O)cc(-c3ccc(O)cc3)oc12. The normalized spacial score (nSPS) is 11.0. The molecule has 0 bridgehead atoms. The van der Waals surface area contributed by atoms with Crippen LogP contribution in [0.4, 0.5) is 0 Å². The van der Waals surface area contributed by atoms with E-state index in [-0.39, 0.29) is 45.8 Å². The average molecular weight is 342 g/mol. The van der Waals surface area contributed by atoms with Crippen molar-refractivity contribution in [1.82, 2.24) is 0 Å². The van der Waals surface area contributed by atoms with Gasteiger partial charge in [-0.2, -0.15) is 0 Å². The fraction of sp³-hybridized carbons (Fsp3) is 0.211. The van der Waals surface area contributed by atoms with Gasteiger partial charge in [-0.3, -0.25) is 4.79 Å². The molecule has 0 atom stereocenters. The van der Waals surface area contributed by atoms with E-state index in [1.807, 2.05) is 13.8 Å². The zero-order valence-corrected chi connectivity index (χ0v) is 14.1. The molecule has 0 saturated carbocycles. The first kappa shape index (κ1) is 16.7. The molecular formula is C19H18O6. The van der Waals surface area contributed by atoms with Crippen molar-refractivity contribution in [2.45, 2.75) is 20.0 Å². The van der Waals surface area contributed by atoms with Crippen LogP contribution in [-0.2, 0) is 0 Å². The Hall–Kier alpha value is -3.15. The van der Waals surface area contributed by atoms with Crippen molar-refractivity contribution in [2.75, 3.05) is 7.11 Å². The lowest BCUT2D eigenvalue weighted by Gasteiger charge is -2.15. The van der Waals surface area contributed by atoms with Gasteiger partial charge in [0.1, 0.15) is 22.6 Å². The Morgan fingerprint density at radius 2 is 1.76 bits per heavy atom. The molecule has 6 heteroatoms. The third kappa shape index (κ3) is 3.10. The van der Waals surface area contributed by atoms with E-state index < -0.39 is 5.43 Å². The van der Waals surface area contributed by atoms with Crippen LogP contribution in [0.25, 0.3) is 22.3 Å². The Morgan fingerprint density at radius 1 is 1.08 bits per heavy atom. The van der Waals surface area contributed by atoms with Crippen LogP contribution < -0.4 is 14.9 Å². The van der Waals surface area contributed by atoms with Crippen LogP contribution >= 0.6 is 0 Å². The number of phenols is 2. The van der Waals surface area contributed by atoms with Crippen LogP contribution in [0.5, 0.6) is 23.0 Å². The first-order valence-corrected chi connectivity index (χ1v) is 7.74. The summed E-state index contributed by atoms with van der Waals surface area (Å²) in [4.78, 5) is 12.5. The Balaban J connectivity index is 2.30. The summed E-state index contributed by atoms with van der Waals surface area (Å²) in [5.41, 5.74) is 0.304. The second-order valence-corrected chi connectivity index (χ2v) is 5.82. The molecule has 0 saturated heterocycles. The van der Waals surface area contributed by atoms with Crippen molar-refractivity contribution in [3.63, 3.8) is 0 Å². The molecule has 0 unspecified atom stereocenters. The van der Waals surface area contributed by atoms with Gasteiger partial charge < -0.3 is 24.1 Å². The summed E-state index contributed by atoms with van der Waals surface area (Å²) in [6.07, 6.45) is -0.155. The zero-order valence-electron chi connectivity index (χ0n) is 14.1.